The van der Waals surface area contributed by atoms with E-state index in [1.165, 1.54) is 13.2 Å². The fourth-order valence-corrected chi connectivity index (χ4v) is 5.01. The summed E-state index contributed by atoms with van der Waals surface area (Å²) in [4.78, 5) is 24.3. The van der Waals surface area contributed by atoms with Crippen LogP contribution in [-0.4, -0.2) is 57.0 Å². The van der Waals surface area contributed by atoms with E-state index in [2.05, 4.69) is 4.98 Å². The van der Waals surface area contributed by atoms with Crippen LogP contribution in [0.2, 0.25) is 0 Å². The molecule has 1 aromatic rings. The summed E-state index contributed by atoms with van der Waals surface area (Å²) < 4.78 is 29.4. The first kappa shape index (κ1) is 24.2. The smallest absolute Gasteiger partial charge is 0.356 e. The maximum atomic E-state index is 12.4. The molecule has 1 aromatic heterocycles. The number of aromatic amines is 1. The van der Waals surface area contributed by atoms with Gasteiger partial charge in [0.15, 0.2) is 5.85 Å². The van der Waals surface area contributed by atoms with E-state index < -0.39 is 43.5 Å². The highest BCUT2D eigenvalue weighted by molar-refractivity contribution is 7.53. The Hall–Kier alpha value is -1.06. The zero-order valence-corrected chi connectivity index (χ0v) is 18.4. The maximum absolute atomic E-state index is 12.4. The van der Waals surface area contributed by atoms with Gasteiger partial charge in [0.05, 0.1) is 11.7 Å². The molecule has 0 bridgehead atoms. The van der Waals surface area contributed by atoms with Crippen LogP contribution in [0.1, 0.15) is 57.4 Å². The Balaban J connectivity index is 2.25. The minimum atomic E-state index is -4.26. The van der Waals surface area contributed by atoms with Gasteiger partial charge in [-0.1, -0.05) is 13.8 Å². The van der Waals surface area contributed by atoms with Gasteiger partial charge < -0.3 is 34.1 Å². The van der Waals surface area contributed by atoms with Gasteiger partial charge in [-0.25, -0.2) is 0 Å². The number of aliphatic hydroxyl groups is 2. The minimum absolute atomic E-state index is 0.0788. The second-order valence-corrected chi connectivity index (χ2v) is 9.65. The summed E-state index contributed by atoms with van der Waals surface area (Å²) in [5.74, 6) is -1.48. The van der Waals surface area contributed by atoms with Crippen LogP contribution in [0.4, 0.5) is 0 Å². The molecule has 1 saturated heterocycles. The summed E-state index contributed by atoms with van der Waals surface area (Å²) in [7, 11) is -2.80. The molecule has 10 heteroatoms. The summed E-state index contributed by atoms with van der Waals surface area (Å²) in [5.41, 5.74) is -0.0566. The van der Waals surface area contributed by atoms with Crippen molar-refractivity contribution in [2.45, 2.75) is 82.8 Å². The topological polar surface area (TPSA) is 138 Å². The molecule has 4 unspecified atom stereocenters. The summed E-state index contributed by atoms with van der Waals surface area (Å²) in [6.07, 6.45) is -2.51. The van der Waals surface area contributed by atoms with Gasteiger partial charge in [-0.15, -0.1) is 0 Å². The largest absolute Gasteiger partial charge is 0.388 e. The fourth-order valence-electron chi connectivity index (χ4n) is 3.60. The molecule has 0 amide bonds. The van der Waals surface area contributed by atoms with E-state index >= 15 is 0 Å². The summed E-state index contributed by atoms with van der Waals surface area (Å²) >= 11 is 0. The van der Waals surface area contributed by atoms with Crippen molar-refractivity contribution in [3.8, 4) is 0 Å². The molecule has 2 heterocycles. The van der Waals surface area contributed by atoms with Gasteiger partial charge in [-0.2, -0.15) is 0 Å². The number of hydrogen-bond donors (Lipinski definition) is 4. The van der Waals surface area contributed by atoms with Gasteiger partial charge >= 0.3 is 7.60 Å². The number of pyridine rings is 1. The third kappa shape index (κ3) is 5.35. The molecule has 2 rings (SSSR count). The molecule has 0 saturated carbocycles. The summed E-state index contributed by atoms with van der Waals surface area (Å²) in [6, 6.07) is 3.01. The standard InChI is InChI=1S/C19H32NO8P/c1-6-15(22)29(24,25)28-19(4,7-2)10-13-16(23)18(26-5)17(27-13)12-8-9-14(21)20-11(12)3/h8-9,13,15-18,22-23H,6-7,10H2,1-5H3,(H,20,21)(H,24,25)/t13-,15?,16?,17+,18+,19?/m1/s1. The van der Waals surface area contributed by atoms with Crippen LogP contribution in [0.15, 0.2) is 16.9 Å². The van der Waals surface area contributed by atoms with Crippen LogP contribution in [-0.2, 0) is 18.6 Å². The second kappa shape index (κ2) is 9.39. The highest BCUT2D eigenvalue weighted by atomic mass is 31.2. The monoisotopic (exact) mass is 433 g/mol. The molecular formula is C19H32NO8P. The summed E-state index contributed by atoms with van der Waals surface area (Å²) in [5, 5.41) is 20.6. The van der Waals surface area contributed by atoms with Crippen molar-refractivity contribution in [1.82, 2.24) is 4.98 Å². The molecule has 1 fully saturated rings. The van der Waals surface area contributed by atoms with Gasteiger partial charge in [-0.05, 0) is 32.8 Å². The first-order valence-corrected chi connectivity index (χ1v) is 11.4. The average Bonchev–Trinajstić information content (AvgIpc) is 2.95. The molecule has 0 radical (unpaired) electrons. The van der Waals surface area contributed by atoms with Crippen LogP contribution >= 0.6 is 7.60 Å². The Bertz CT molecular complexity index is 799. The molecule has 0 aliphatic carbocycles. The lowest BCUT2D eigenvalue weighted by Crippen LogP contribution is -2.39. The normalized spacial score (nSPS) is 29.9. The van der Waals surface area contributed by atoms with Crippen molar-refractivity contribution in [1.29, 1.82) is 0 Å². The number of methoxy groups -OCH3 is 1. The number of H-pyrrole nitrogens is 1. The van der Waals surface area contributed by atoms with E-state index in [-0.39, 0.29) is 18.4 Å². The zero-order valence-electron chi connectivity index (χ0n) is 17.5. The molecule has 9 nitrogen and oxygen atoms in total. The Morgan fingerprint density at radius 3 is 2.55 bits per heavy atom. The van der Waals surface area contributed by atoms with Gasteiger partial charge in [0, 0.05) is 30.9 Å². The maximum Gasteiger partial charge on any atom is 0.356 e. The van der Waals surface area contributed by atoms with Crippen LogP contribution in [0, 0.1) is 6.92 Å². The highest BCUT2D eigenvalue weighted by Gasteiger charge is 2.49. The predicted molar refractivity (Wildman–Crippen MR) is 107 cm³/mol. The molecule has 1 aliphatic heterocycles. The highest BCUT2D eigenvalue weighted by Crippen LogP contribution is 2.53. The van der Waals surface area contributed by atoms with Crippen LogP contribution in [0.5, 0.6) is 0 Å². The predicted octanol–water partition coefficient (Wildman–Crippen LogP) is 1.99. The van der Waals surface area contributed by atoms with Gasteiger partial charge in [0.25, 0.3) is 0 Å². The van der Waals surface area contributed by atoms with E-state index in [9.17, 15) is 24.5 Å². The van der Waals surface area contributed by atoms with Gasteiger partial charge in [0.2, 0.25) is 5.56 Å². The van der Waals surface area contributed by atoms with Crippen molar-refractivity contribution >= 4 is 7.60 Å². The molecule has 1 aliphatic rings. The van der Waals surface area contributed by atoms with E-state index in [0.717, 1.165) is 0 Å². The Kier molecular flexibility index (Phi) is 7.84. The summed E-state index contributed by atoms with van der Waals surface area (Å²) in [6.45, 7) is 6.76. The first-order chi connectivity index (χ1) is 13.5. The SMILES string of the molecule is CCC(O)P(=O)(O)OC(C)(CC)C[C@H]1O[C@@H](c2ccc(=O)[nH]c2C)[C@@H](OC)C1O. The number of nitrogens with one attached hydrogen (secondary N) is 1. The number of aromatic nitrogens is 1. The van der Waals surface area contributed by atoms with Crippen molar-refractivity contribution in [2.24, 2.45) is 0 Å². The first-order valence-electron chi connectivity index (χ1n) is 9.75. The molecule has 29 heavy (non-hydrogen) atoms. The molecule has 4 N–H and O–H groups in total. The van der Waals surface area contributed by atoms with E-state index in [1.807, 2.05) is 0 Å². The van der Waals surface area contributed by atoms with Crippen molar-refractivity contribution in [3.63, 3.8) is 0 Å². The van der Waals surface area contributed by atoms with Crippen molar-refractivity contribution < 1.29 is 33.7 Å². The molecule has 0 spiro atoms. The van der Waals surface area contributed by atoms with Gasteiger partial charge in [-0.3, -0.25) is 9.36 Å². The van der Waals surface area contributed by atoms with Crippen molar-refractivity contribution in [2.75, 3.05) is 7.11 Å². The lowest BCUT2D eigenvalue weighted by Gasteiger charge is -2.34. The van der Waals surface area contributed by atoms with Crippen molar-refractivity contribution in [3.05, 3.63) is 33.7 Å². The fraction of sp³-hybridized carbons (Fsp3) is 0.737. The zero-order chi connectivity index (χ0) is 22.0. The van der Waals surface area contributed by atoms with Crippen LogP contribution in [0.3, 0.4) is 0 Å². The quantitative estimate of drug-likeness (QED) is 0.434. The lowest BCUT2D eigenvalue weighted by atomic mass is 9.92. The second-order valence-electron chi connectivity index (χ2n) is 7.74. The molecule has 7 atom stereocenters. The lowest BCUT2D eigenvalue weighted by molar-refractivity contribution is -0.0495. The van der Waals surface area contributed by atoms with E-state index in [0.29, 0.717) is 17.7 Å². The number of aliphatic hydroxyl groups excluding tert-OH is 2. The molecular weight excluding hydrogens is 401 g/mol. The minimum Gasteiger partial charge on any atom is -0.388 e. The molecule has 0 aromatic carbocycles. The van der Waals surface area contributed by atoms with Crippen LogP contribution < -0.4 is 5.56 Å². The van der Waals surface area contributed by atoms with Gasteiger partial charge in [0.1, 0.15) is 18.3 Å². The number of hydrogen-bond acceptors (Lipinski definition) is 7. The number of aryl methyl sites for hydroxylation is 1. The third-order valence-electron chi connectivity index (χ3n) is 5.55. The third-order valence-corrected chi connectivity index (χ3v) is 7.37. The Labute approximate surface area is 170 Å². The number of ether oxygens (including phenoxy) is 2. The van der Waals surface area contributed by atoms with Crippen LogP contribution in [0.25, 0.3) is 0 Å². The van der Waals surface area contributed by atoms with E-state index in [1.54, 1.807) is 33.8 Å². The number of rotatable bonds is 9. The Morgan fingerprint density at radius 2 is 2.03 bits per heavy atom. The Morgan fingerprint density at radius 1 is 1.38 bits per heavy atom. The van der Waals surface area contributed by atoms with E-state index in [4.69, 9.17) is 14.0 Å². The average molecular weight is 433 g/mol. The molecule has 166 valence electrons.